The summed E-state index contributed by atoms with van der Waals surface area (Å²) in [7, 11) is 3.07. The van der Waals surface area contributed by atoms with Gasteiger partial charge in [-0.05, 0) is 37.3 Å². The second-order valence-electron chi connectivity index (χ2n) is 5.86. The lowest BCUT2D eigenvalue weighted by molar-refractivity contribution is -0.128. The highest BCUT2D eigenvalue weighted by atomic mass is 35.5. The van der Waals surface area contributed by atoms with E-state index in [0.29, 0.717) is 33.0 Å². The maximum atomic E-state index is 12.4. The molecule has 0 fully saturated rings. The van der Waals surface area contributed by atoms with E-state index in [0.717, 1.165) is 5.69 Å². The van der Waals surface area contributed by atoms with E-state index in [9.17, 15) is 4.79 Å². The van der Waals surface area contributed by atoms with Crippen LogP contribution in [0.3, 0.4) is 0 Å². The molecule has 2 aromatic carbocycles. The van der Waals surface area contributed by atoms with E-state index < -0.39 is 5.97 Å². The number of carbonyl (C=O) groups excluding carboxylic acids is 1. The molecular weight excluding hydrogens is 401 g/mol. The number of para-hydroxylation sites is 1. The first-order valence-electron chi connectivity index (χ1n) is 8.31. The second-order valence-corrected chi connectivity index (χ2v) is 6.67. The van der Waals surface area contributed by atoms with Gasteiger partial charge in [0.05, 0.1) is 24.3 Å². The molecule has 0 bridgehead atoms. The lowest BCUT2D eigenvalue weighted by Crippen LogP contribution is -2.05. The zero-order chi connectivity index (χ0) is 20.3. The Labute approximate surface area is 172 Å². The minimum absolute atomic E-state index is 0.164. The molecule has 0 saturated carbocycles. The number of hydrogen-bond acceptors (Lipinski definition) is 5. The van der Waals surface area contributed by atoms with Crippen LogP contribution < -0.4 is 14.2 Å². The van der Waals surface area contributed by atoms with Gasteiger partial charge in [0.15, 0.2) is 17.2 Å². The van der Waals surface area contributed by atoms with Crippen molar-refractivity contribution in [2.75, 3.05) is 14.2 Å². The number of fused-ring (bicyclic) bond motifs is 1. The lowest BCUT2D eigenvalue weighted by Gasteiger charge is -2.11. The zero-order valence-corrected chi connectivity index (χ0v) is 17.0. The van der Waals surface area contributed by atoms with Gasteiger partial charge in [-0.1, -0.05) is 35.3 Å². The van der Waals surface area contributed by atoms with E-state index in [1.165, 1.54) is 19.3 Å². The van der Waals surface area contributed by atoms with Crippen LogP contribution in [0.15, 0.2) is 42.5 Å². The highest BCUT2D eigenvalue weighted by molar-refractivity contribution is 6.39. The van der Waals surface area contributed by atoms with E-state index in [2.05, 4.69) is 4.98 Å². The largest absolute Gasteiger partial charge is 0.493 e. The molecule has 7 heteroatoms. The summed E-state index contributed by atoms with van der Waals surface area (Å²) in [4.78, 5) is 16.8. The van der Waals surface area contributed by atoms with Gasteiger partial charge in [-0.15, -0.1) is 0 Å². The Morgan fingerprint density at radius 3 is 2.54 bits per heavy atom. The molecular formula is C21H17Cl2NO4. The Bertz CT molecular complexity index is 1080. The smallest absolute Gasteiger partial charge is 0.336 e. The molecule has 0 atom stereocenters. The molecule has 0 radical (unpaired) electrons. The van der Waals surface area contributed by atoms with Crippen LogP contribution in [0.25, 0.3) is 17.0 Å². The van der Waals surface area contributed by atoms with Crippen molar-refractivity contribution in [1.29, 1.82) is 0 Å². The summed E-state index contributed by atoms with van der Waals surface area (Å²) in [6.07, 6.45) is 2.86. The Morgan fingerprint density at radius 1 is 1.04 bits per heavy atom. The molecule has 28 heavy (non-hydrogen) atoms. The van der Waals surface area contributed by atoms with Crippen LogP contribution in [0.2, 0.25) is 10.0 Å². The number of aryl methyl sites for hydroxylation is 1. The average molecular weight is 418 g/mol. The van der Waals surface area contributed by atoms with Gasteiger partial charge in [-0.3, -0.25) is 0 Å². The molecule has 0 N–H and O–H groups in total. The van der Waals surface area contributed by atoms with Crippen LogP contribution in [0, 0.1) is 6.92 Å². The standard InChI is InChI=1S/C21H17Cl2NO4/c1-12-7-9-14-15(22)11-16(23)21(19(14)24-12)28-18(25)10-8-13-5-4-6-17(26-2)20(13)27-3/h4-11H,1-3H3/b10-8+. The van der Waals surface area contributed by atoms with Crippen LogP contribution in [0.4, 0.5) is 0 Å². The Morgan fingerprint density at radius 2 is 1.82 bits per heavy atom. The molecule has 3 rings (SSSR count). The van der Waals surface area contributed by atoms with Gasteiger partial charge in [-0.25, -0.2) is 9.78 Å². The maximum absolute atomic E-state index is 12.4. The van der Waals surface area contributed by atoms with Gasteiger partial charge in [0.1, 0.15) is 5.52 Å². The third-order valence-electron chi connectivity index (χ3n) is 4.01. The topological polar surface area (TPSA) is 57.7 Å². The fraction of sp³-hybridized carbons (Fsp3) is 0.143. The summed E-state index contributed by atoms with van der Waals surface area (Å²) in [6.45, 7) is 1.83. The Hall–Kier alpha value is -2.76. The minimum atomic E-state index is -0.612. The minimum Gasteiger partial charge on any atom is -0.493 e. The molecule has 0 aliphatic carbocycles. The van der Waals surface area contributed by atoms with Crippen molar-refractivity contribution in [3.05, 3.63) is 63.8 Å². The number of methoxy groups -OCH3 is 2. The molecule has 5 nitrogen and oxygen atoms in total. The SMILES string of the molecule is COc1cccc(/C=C/C(=O)Oc2c(Cl)cc(Cl)c3ccc(C)nc23)c1OC. The second kappa shape index (κ2) is 8.50. The molecule has 0 aliphatic rings. The fourth-order valence-corrected chi connectivity index (χ4v) is 3.28. The number of benzene rings is 2. The third-order valence-corrected chi connectivity index (χ3v) is 4.61. The molecule has 0 saturated heterocycles. The summed E-state index contributed by atoms with van der Waals surface area (Å²) < 4.78 is 16.1. The van der Waals surface area contributed by atoms with Gasteiger partial charge in [0, 0.05) is 22.7 Å². The average Bonchev–Trinajstić information content (AvgIpc) is 2.68. The molecule has 144 valence electrons. The summed E-state index contributed by atoms with van der Waals surface area (Å²) in [5, 5.41) is 1.29. The van der Waals surface area contributed by atoms with Crippen LogP contribution in [0.5, 0.6) is 17.2 Å². The predicted molar refractivity (Wildman–Crippen MR) is 111 cm³/mol. The quantitative estimate of drug-likeness (QED) is 0.312. The van der Waals surface area contributed by atoms with Gasteiger partial charge >= 0.3 is 5.97 Å². The van der Waals surface area contributed by atoms with Crippen molar-refractivity contribution in [3.63, 3.8) is 0 Å². The third kappa shape index (κ3) is 4.06. The van der Waals surface area contributed by atoms with E-state index in [1.807, 2.05) is 19.1 Å². The van der Waals surface area contributed by atoms with Crippen molar-refractivity contribution in [3.8, 4) is 17.2 Å². The van der Waals surface area contributed by atoms with Crippen LogP contribution in [-0.2, 0) is 4.79 Å². The van der Waals surface area contributed by atoms with Crippen molar-refractivity contribution in [2.24, 2.45) is 0 Å². The van der Waals surface area contributed by atoms with E-state index in [1.54, 1.807) is 31.4 Å². The Kier molecular flexibility index (Phi) is 6.07. The van der Waals surface area contributed by atoms with Crippen molar-refractivity contribution in [2.45, 2.75) is 6.92 Å². The van der Waals surface area contributed by atoms with Gasteiger partial charge in [-0.2, -0.15) is 0 Å². The highest BCUT2D eigenvalue weighted by Crippen LogP contribution is 2.37. The van der Waals surface area contributed by atoms with Gasteiger partial charge < -0.3 is 14.2 Å². The van der Waals surface area contributed by atoms with Crippen LogP contribution in [-0.4, -0.2) is 25.2 Å². The summed E-state index contributed by atoms with van der Waals surface area (Å²) in [5.74, 6) is 0.626. The monoisotopic (exact) mass is 417 g/mol. The first-order valence-corrected chi connectivity index (χ1v) is 9.06. The number of rotatable bonds is 5. The van der Waals surface area contributed by atoms with E-state index in [4.69, 9.17) is 37.4 Å². The molecule has 0 spiro atoms. The van der Waals surface area contributed by atoms with Crippen molar-refractivity contribution < 1.29 is 19.0 Å². The van der Waals surface area contributed by atoms with E-state index in [-0.39, 0.29) is 10.8 Å². The lowest BCUT2D eigenvalue weighted by atomic mass is 10.1. The summed E-state index contributed by atoms with van der Waals surface area (Å²) in [6, 6.07) is 10.5. The number of esters is 1. The number of aromatic nitrogens is 1. The highest BCUT2D eigenvalue weighted by Gasteiger charge is 2.16. The van der Waals surface area contributed by atoms with Gasteiger partial charge in [0.25, 0.3) is 0 Å². The number of ether oxygens (including phenoxy) is 3. The van der Waals surface area contributed by atoms with E-state index >= 15 is 0 Å². The zero-order valence-electron chi connectivity index (χ0n) is 15.5. The predicted octanol–water partition coefficient (Wildman–Crippen LogP) is 5.49. The first kappa shape index (κ1) is 20.0. The van der Waals surface area contributed by atoms with Crippen molar-refractivity contribution in [1.82, 2.24) is 4.98 Å². The number of pyridine rings is 1. The number of halogens is 2. The maximum Gasteiger partial charge on any atom is 0.336 e. The summed E-state index contributed by atoms with van der Waals surface area (Å²) in [5.41, 5.74) is 1.85. The molecule has 0 amide bonds. The molecule has 0 unspecified atom stereocenters. The van der Waals surface area contributed by atoms with Crippen molar-refractivity contribution >= 4 is 46.2 Å². The Balaban J connectivity index is 1.93. The summed E-state index contributed by atoms with van der Waals surface area (Å²) >= 11 is 12.5. The number of nitrogens with zero attached hydrogens (tertiary/aromatic N) is 1. The van der Waals surface area contributed by atoms with Gasteiger partial charge in [0.2, 0.25) is 0 Å². The number of hydrogen-bond donors (Lipinski definition) is 0. The molecule has 0 aliphatic heterocycles. The normalized spacial score (nSPS) is 11.0. The molecule has 3 aromatic rings. The van der Waals surface area contributed by atoms with Crippen LogP contribution >= 0.6 is 23.2 Å². The van der Waals surface area contributed by atoms with Crippen LogP contribution in [0.1, 0.15) is 11.3 Å². The molecule has 1 heterocycles. The number of carbonyl (C=O) groups is 1. The first-order chi connectivity index (χ1) is 13.4. The molecule has 1 aromatic heterocycles. The fourth-order valence-electron chi connectivity index (χ4n) is 2.72.